The summed E-state index contributed by atoms with van der Waals surface area (Å²) in [7, 11) is 5.71. The Morgan fingerprint density at radius 1 is 1.47 bits per heavy atom. The number of aliphatic hydroxyl groups excluding tert-OH is 1. The van der Waals surface area contributed by atoms with Crippen LogP contribution in [0.15, 0.2) is 6.20 Å². The van der Waals surface area contributed by atoms with Crippen LogP contribution >= 0.6 is 0 Å². The molecule has 5 nitrogen and oxygen atoms in total. The Bertz CT molecular complexity index is 397. The topological polar surface area (TPSA) is 50.5 Å². The van der Waals surface area contributed by atoms with Crippen molar-refractivity contribution in [3.63, 3.8) is 0 Å². The van der Waals surface area contributed by atoms with Gasteiger partial charge in [0.15, 0.2) is 5.75 Å². The molecule has 1 atom stereocenters. The Kier molecular flexibility index (Phi) is 4.82. The van der Waals surface area contributed by atoms with Crippen molar-refractivity contribution in [2.45, 2.75) is 38.3 Å². The molecule has 108 valence electrons. The third kappa shape index (κ3) is 3.28. The fourth-order valence-electron chi connectivity index (χ4n) is 2.80. The first kappa shape index (κ1) is 14.3. The number of nitrogens with zero attached hydrogens (tertiary/aromatic N) is 3. The largest absolute Gasteiger partial charge is 0.493 e. The van der Waals surface area contributed by atoms with Crippen LogP contribution in [0.3, 0.4) is 0 Å². The summed E-state index contributed by atoms with van der Waals surface area (Å²) in [5.74, 6) is 1.06. The average Bonchev–Trinajstić information content (AvgIpc) is 3.04. The van der Waals surface area contributed by atoms with Gasteiger partial charge in [0.2, 0.25) is 0 Å². The number of aliphatic hydroxyl groups is 1. The van der Waals surface area contributed by atoms with Crippen molar-refractivity contribution >= 4 is 0 Å². The molecule has 0 amide bonds. The molecule has 0 spiro atoms. The maximum atomic E-state index is 10.6. The van der Waals surface area contributed by atoms with Gasteiger partial charge < -0.3 is 14.7 Å². The van der Waals surface area contributed by atoms with Crippen molar-refractivity contribution in [2.24, 2.45) is 5.92 Å². The number of methoxy groups -OCH3 is 1. The standard InChI is InChI=1S/C14H25N3O2/c1-16(2)8-9-17-13(12(19-3)10-15-17)14(18)11-6-4-5-7-11/h10-11,14,18H,4-9H2,1-3H3. The number of hydrogen-bond acceptors (Lipinski definition) is 4. The monoisotopic (exact) mass is 267 g/mol. The van der Waals surface area contributed by atoms with Crippen LogP contribution in [0.25, 0.3) is 0 Å². The number of aromatic nitrogens is 2. The van der Waals surface area contributed by atoms with Gasteiger partial charge in [-0.1, -0.05) is 12.8 Å². The van der Waals surface area contributed by atoms with Gasteiger partial charge in [0, 0.05) is 6.54 Å². The predicted molar refractivity (Wildman–Crippen MR) is 74.3 cm³/mol. The zero-order valence-corrected chi connectivity index (χ0v) is 12.2. The minimum atomic E-state index is -0.456. The lowest BCUT2D eigenvalue weighted by Gasteiger charge is -2.21. The molecule has 1 saturated carbocycles. The van der Waals surface area contributed by atoms with E-state index in [-0.39, 0.29) is 0 Å². The molecule has 1 aliphatic carbocycles. The summed E-state index contributed by atoms with van der Waals surface area (Å²) in [5.41, 5.74) is 0.844. The van der Waals surface area contributed by atoms with Crippen LogP contribution < -0.4 is 4.74 Å². The molecule has 1 unspecified atom stereocenters. The van der Waals surface area contributed by atoms with Crippen LogP contribution in [0, 0.1) is 5.92 Å². The average molecular weight is 267 g/mol. The second-order valence-corrected chi connectivity index (χ2v) is 5.61. The van der Waals surface area contributed by atoms with E-state index in [4.69, 9.17) is 4.74 Å². The van der Waals surface area contributed by atoms with Gasteiger partial charge in [0.05, 0.1) is 19.9 Å². The zero-order valence-electron chi connectivity index (χ0n) is 12.2. The summed E-state index contributed by atoms with van der Waals surface area (Å²) < 4.78 is 7.25. The van der Waals surface area contributed by atoms with Gasteiger partial charge in [-0.05, 0) is 32.9 Å². The fraction of sp³-hybridized carbons (Fsp3) is 0.786. The Morgan fingerprint density at radius 3 is 2.74 bits per heavy atom. The lowest BCUT2D eigenvalue weighted by Crippen LogP contribution is -2.22. The summed E-state index contributed by atoms with van der Waals surface area (Å²) in [6.07, 6.45) is 5.89. The van der Waals surface area contributed by atoms with E-state index in [1.807, 2.05) is 18.8 Å². The van der Waals surface area contributed by atoms with Crippen molar-refractivity contribution in [1.29, 1.82) is 0 Å². The molecule has 5 heteroatoms. The first-order valence-corrected chi connectivity index (χ1v) is 7.06. The van der Waals surface area contributed by atoms with Crippen molar-refractivity contribution in [1.82, 2.24) is 14.7 Å². The van der Waals surface area contributed by atoms with Crippen LogP contribution in [-0.4, -0.2) is 47.5 Å². The van der Waals surface area contributed by atoms with Crippen LogP contribution in [-0.2, 0) is 6.54 Å². The molecule has 0 saturated heterocycles. The van der Waals surface area contributed by atoms with Crippen molar-refractivity contribution in [3.8, 4) is 5.75 Å². The highest BCUT2D eigenvalue weighted by Gasteiger charge is 2.29. The summed E-state index contributed by atoms with van der Waals surface area (Å²) in [6, 6.07) is 0. The van der Waals surface area contributed by atoms with Gasteiger partial charge in [0.1, 0.15) is 11.8 Å². The minimum absolute atomic E-state index is 0.351. The Morgan fingerprint density at radius 2 is 2.16 bits per heavy atom. The lowest BCUT2D eigenvalue weighted by molar-refractivity contribution is 0.0984. The number of rotatable bonds is 6. The van der Waals surface area contributed by atoms with Crippen molar-refractivity contribution in [3.05, 3.63) is 11.9 Å². The molecule has 0 aliphatic heterocycles. The van der Waals surface area contributed by atoms with Gasteiger partial charge >= 0.3 is 0 Å². The van der Waals surface area contributed by atoms with E-state index in [1.165, 1.54) is 12.8 Å². The van der Waals surface area contributed by atoms with Crippen molar-refractivity contribution < 1.29 is 9.84 Å². The van der Waals surface area contributed by atoms with Crippen LogP contribution in [0.2, 0.25) is 0 Å². The highest BCUT2D eigenvalue weighted by atomic mass is 16.5. The second kappa shape index (κ2) is 6.39. The molecule has 0 bridgehead atoms. The van der Waals surface area contributed by atoms with Gasteiger partial charge in [-0.15, -0.1) is 0 Å². The molecular formula is C14H25N3O2. The van der Waals surface area contributed by atoms with Crippen LogP contribution in [0.4, 0.5) is 0 Å². The van der Waals surface area contributed by atoms with E-state index in [0.717, 1.165) is 31.6 Å². The smallest absolute Gasteiger partial charge is 0.162 e. The third-order valence-electron chi connectivity index (χ3n) is 3.95. The molecule has 19 heavy (non-hydrogen) atoms. The Labute approximate surface area is 115 Å². The molecular weight excluding hydrogens is 242 g/mol. The molecule has 0 aromatic carbocycles. The molecule has 1 aliphatic rings. The molecule has 1 N–H and O–H groups in total. The van der Waals surface area contributed by atoms with E-state index in [2.05, 4.69) is 10.00 Å². The highest BCUT2D eigenvalue weighted by molar-refractivity contribution is 5.28. The molecule has 0 radical (unpaired) electrons. The van der Waals surface area contributed by atoms with Crippen LogP contribution in [0.1, 0.15) is 37.5 Å². The van der Waals surface area contributed by atoms with Gasteiger partial charge in [-0.2, -0.15) is 5.10 Å². The first-order valence-electron chi connectivity index (χ1n) is 7.06. The molecule has 1 aromatic rings. The number of likely N-dealkylation sites (N-methyl/N-ethyl adjacent to an activating group) is 1. The van der Waals surface area contributed by atoms with E-state index < -0.39 is 6.10 Å². The second-order valence-electron chi connectivity index (χ2n) is 5.61. The normalized spacial score (nSPS) is 18.2. The summed E-state index contributed by atoms with van der Waals surface area (Å²) in [5, 5.41) is 15.0. The quantitative estimate of drug-likeness (QED) is 0.852. The molecule has 1 heterocycles. The summed E-state index contributed by atoms with van der Waals surface area (Å²) >= 11 is 0. The Hall–Kier alpha value is -1.07. The number of hydrogen-bond donors (Lipinski definition) is 1. The van der Waals surface area contributed by atoms with E-state index in [0.29, 0.717) is 11.7 Å². The summed E-state index contributed by atoms with van der Waals surface area (Å²) in [6.45, 7) is 1.67. The van der Waals surface area contributed by atoms with E-state index in [1.54, 1.807) is 13.3 Å². The summed E-state index contributed by atoms with van der Waals surface area (Å²) in [4.78, 5) is 2.11. The highest BCUT2D eigenvalue weighted by Crippen LogP contribution is 2.38. The molecule has 2 rings (SSSR count). The first-order chi connectivity index (χ1) is 9.13. The van der Waals surface area contributed by atoms with Crippen molar-refractivity contribution in [2.75, 3.05) is 27.7 Å². The maximum Gasteiger partial charge on any atom is 0.162 e. The van der Waals surface area contributed by atoms with E-state index >= 15 is 0 Å². The minimum Gasteiger partial charge on any atom is -0.493 e. The molecule has 1 aromatic heterocycles. The Balaban J connectivity index is 2.17. The van der Waals surface area contributed by atoms with Gasteiger partial charge in [-0.25, -0.2) is 0 Å². The van der Waals surface area contributed by atoms with E-state index in [9.17, 15) is 5.11 Å². The van der Waals surface area contributed by atoms with Crippen LogP contribution in [0.5, 0.6) is 5.75 Å². The fourth-order valence-corrected chi connectivity index (χ4v) is 2.80. The number of ether oxygens (including phenoxy) is 1. The zero-order chi connectivity index (χ0) is 13.8. The third-order valence-corrected chi connectivity index (χ3v) is 3.95. The lowest BCUT2D eigenvalue weighted by atomic mass is 9.98. The SMILES string of the molecule is COc1cnn(CCN(C)C)c1C(O)C1CCCC1. The maximum absolute atomic E-state index is 10.6. The predicted octanol–water partition coefficient (Wildman–Crippen LogP) is 1.68. The molecule has 1 fully saturated rings. The van der Waals surface area contributed by atoms with Gasteiger partial charge in [-0.3, -0.25) is 4.68 Å². The van der Waals surface area contributed by atoms with Gasteiger partial charge in [0.25, 0.3) is 0 Å².